The second-order valence-corrected chi connectivity index (χ2v) is 10.6. The topological polar surface area (TPSA) is 103 Å². The number of esters is 1. The number of amides is 2. The minimum absolute atomic E-state index is 0.0775. The summed E-state index contributed by atoms with van der Waals surface area (Å²) in [7, 11) is -1.46. The average Bonchev–Trinajstić information content (AvgIpc) is 2.88. The first-order valence-corrected chi connectivity index (χ1v) is 12.8. The number of aromatic nitrogens is 1. The lowest BCUT2D eigenvalue weighted by molar-refractivity contribution is 0.0600. The number of benzene rings is 2. The SMILES string of the molecule is COC(=O)c1ccc(CN(C(=O)N2CCS(O)(O)CC2)c2ccc(-c3cccnc3)cc2)c(F)c1. The molecule has 1 fully saturated rings. The van der Waals surface area contributed by atoms with Gasteiger partial charge in [0.05, 0.1) is 30.7 Å². The number of pyridine rings is 1. The number of nitrogens with zero attached hydrogens (tertiary/aromatic N) is 3. The predicted molar refractivity (Wildman–Crippen MR) is 133 cm³/mol. The maximum atomic E-state index is 14.9. The lowest BCUT2D eigenvalue weighted by Gasteiger charge is -2.42. The van der Waals surface area contributed by atoms with Gasteiger partial charge in [-0.3, -0.25) is 19.0 Å². The van der Waals surface area contributed by atoms with E-state index >= 15 is 0 Å². The van der Waals surface area contributed by atoms with E-state index in [1.54, 1.807) is 24.5 Å². The van der Waals surface area contributed by atoms with Gasteiger partial charge in [0.1, 0.15) is 5.82 Å². The maximum absolute atomic E-state index is 14.9. The van der Waals surface area contributed by atoms with E-state index < -0.39 is 22.4 Å². The standard InChI is InChI=1S/C25H26FN3O5S/c1-34-24(30)19-4-5-21(23(26)15-19)17-29(25(31)28-11-13-35(32,33)14-12-28)22-8-6-18(7-9-22)20-3-2-10-27-16-20/h2-10,15-16,32-33H,11-14,17H2,1H3. The van der Waals surface area contributed by atoms with Gasteiger partial charge in [0.25, 0.3) is 0 Å². The van der Waals surface area contributed by atoms with Crippen molar-refractivity contribution in [1.82, 2.24) is 9.88 Å². The second kappa shape index (κ2) is 10.4. The van der Waals surface area contributed by atoms with Crippen LogP contribution in [-0.4, -0.2) is 62.7 Å². The molecule has 2 heterocycles. The van der Waals surface area contributed by atoms with Crippen LogP contribution in [0, 0.1) is 5.82 Å². The molecule has 1 aromatic heterocycles. The van der Waals surface area contributed by atoms with Crippen molar-refractivity contribution in [2.24, 2.45) is 0 Å². The predicted octanol–water partition coefficient (Wildman–Crippen LogP) is 4.87. The zero-order valence-electron chi connectivity index (χ0n) is 19.1. The first-order valence-electron chi connectivity index (χ1n) is 10.9. The number of urea groups is 1. The molecule has 1 saturated heterocycles. The first kappa shape index (κ1) is 24.6. The summed E-state index contributed by atoms with van der Waals surface area (Å²) in [6.07, 6.45) is 3.42. The summed E-state index contributed by atoms with van der Waals surface area (Å²) >= 11 is 0. The van der Waals surface area contributed by atoms with Gasteiger partial charge in [-0.15, -0.1) is 0 Å². The van der Waals surface area contributed by atoms with E-state index in [1.807, 2.05) is 24.3 Å². The summed E-state index contributed by atoms with van der Waals surface area (Å²) in [6, 6.07) is 14.7. The van der Waals surface area contributed by atoms with Gasteiger partial charge >= 0.3 is 12.0 Å². The summed E-state index contributed by atoms with van der Waals surface area (Å²) in [5.41, 5.74) is 2.69. The van der Waals surface area contributed by atoms with Crippen LogP contribution in [0.15, 0.2) is 67.0 Å². The molecule has 0 radical (unpaired) electrons. The largest absolute Gasteiger partial charge is 0.465 e. The quantitative estimate of drug-likeness (QED) is 0.486. The summed E-state index contributed by atoms with van der Waals surface area (Å²) in [5.74, 6) is -1.07. The Kier molecular flexibility index (Phi) is 7.34. The minimum atomic E-state index is -2.68. The van der Waals surface area contributed by atoms with Crippen LogP contribution < -0.4 is 4.90 Å². The van der Waals surface area contributed by atoms with Crippen molar-refractivity contribution in [1.29, 1.82) is 0 Å². The fraction of sp³-hybridized carbons (Fsp3) is 0.240. The van der Waals surface area contributed by atoms with Crippen LogP contribution in [0.5, 0.6) is 0 Å². The van der Waals surface area contributed by atoms with Crippen LogP contribution in [0.25, 0.3) is 11.1 Å². The first-order chi connectivity index (χ1) is 16.8. The molecule has 2 aromatic carbocycles. The van der Waals surface area contributed by atoms with Gasteiger partial charge in [0, 0.05) is 36.7 Å². The maximum Gasteiger partial charge on any atom is 0.337 e. The van der Waals surface area contributed by atoms with Crippen LogP contribution >= 0.6 is 10.6 Å². The molecule has 3 aromatic rings. The Morgan fingerprint density at radius 3 is 2.40 bits per heavy atom. The third-order valence-corrected chi connectivity index (χ3v) is 7.53. The van der Waals surface area contributed by atoms with Gasteiger partial charge in [0.15, 0.2) is 0 Å². The molecule has 0 atom stereocenters. The highest BCUT2D eigenvalue weighted by molar-refractivity contribution is 8.24. The van der Waals surface area contributed by atoms with Crippen molar-refractivity contribution < 1.29 is 27.8 Å². The molecule has 10 heteroatoms. The van der Waals surface area contributed by atoms with Crippen molar-refractivity contribution in [2.45, 2.75) is 6.54 Å². The van der Waals surface area contributed by atoms with E-state index in [-0.39, 0.29) is 48.3 Å². The number of halogens is 1. The highest BCUT2D eigenvalue weighted by Gasteiger charge is 2.30. The van der Waals surface area contributed by atoms with Gasteiger partial charge in [-0.2, -0.15) is 10.6 Å². The molecule has 8 nitrogen and oxygen atoms in total. The smallest absolute Gasteiger partial charge is 0.337 e. The van der Waals surface area contributed by atoms with Gasteiger partial charge in [-0.05, 0) is 41.5 Å². The van der Waals surface area contributed by atoms with E-state index in [0.717, 1.165) is 17.2 Å². The lowest BCUT2D eigenvalue weighted by Crippen LogP contribution is -2.48. The highest BCUT2D eigenvalue weighted by atomic mass is 32.3. The molecule has 2 N–H and O–H groups in total. The lowest BCUT2D eigenvalue weighted by atomic mass is 10.1. The zero-order valence-corrected chi connectivity index (χ0v) is 19.9. The Hall–Kier alpha value is -3.47. The summed E-state index contributed by atoms with van der Waals surface area (Å²) in [4.78, 5) is 32.3. The molecule has 0 saturated carbocycles. The Morgan fingerprint density at radius 1 is 1.09 bits per heavy atom. The van der Waals surface area contributed by atoms with Crippen LogP contribution in [0.1, 0.15) is 15.9 Å². The van der Waals surface area contributed by atoms with Crippen molar-refractivity contribution in [3.05, 3.63) is 83.9 Å². The normalized spacial score (nSPS) is 15.8. The van der Waals surface area contributed by atoms with E-state index in [0.29, 0.717) is 5.69 Å². The third kappa shape index (κ3) is 5.79. The fourth-order valence-electron chi connectivity index (χ4n) is 3.82. The summed E-state index contributed by atoms with van der Waals surface area (Å²) in [6.45, 7) is 0.301. The Morgan fingerprint density at radius 2 is 1.80 bits per heavy atom. The Bertz CT molecular complexity index is 1200. The molecule has 184 valence electrons. The van der Waals surface area contributed by atoms with Gasteiger partial charge in [0.2, 0.25) is 0 Å². The summed E-state index contributed by atoms with van der Waals surface area (Å²) < 4.78 is 39.4. The average molecular weight is 500 g/mol. The van der Waals surface area contributed by atoms with E-state index in [9.17, 15) is 23.1 Å². The van der Waals surface area contributed by atoms with E-state index in [4.69, 9.17) is 0 Å². The fourth-order valence-corrected chi connectivity index (χ4v) is 5.05. The summed E-state index contributed by atoms with van der Waals surface area (Å²) in [5, 5.41) is 0. The van der Waals surface area contributed by atoms with Crippen LogP contribution in [-0.2, 0) is 11.3 Å². The number of rotatable bonds is 5. The van der Waals surface area contributed by atoms with Crippen LogP contribution in [0.2, 0.25) is 0 Å². The zero-order chi connectivity index (χ0) is 25.0. The second-order valence-electron chi connectivity index (χ2n) is 8.15. The number of carbonyl (C=O) groups excluding carboxylic acids is 2. The van der Waals surface area contributed by atoms with Crippen LogP contribution in [0.3, 0.4) is 0 Å². The number of carbonyl (C=O) groups is 2. The third-order valence-electron chi connectivity index (χ3n) is 5.85. The molecule has 1 aliphatic heterocycles. The number of hydrogen-bond acceptors (Lipinski definition) is 6. The Labute approximate surface area is 204 Å². The molecule has 0 bridgehead atoms. The van der Waals surface area contributed by atoms with Crippen LogP contribution in [0.4, 0.5) is 14.9 Å². The minimum Gasteiger partial charge on any atom is -0.465 e. The molecule has 2 amide bonds. The molecule has 0 spiro atoms. The molecule has 1 aliphatic rings. The van der Waals surface area contributed by atoms with E-state index in [2.05, 4.69) is 9.72 Å². The monoisotopic (exact) mass is 499 g/mol. The number of hydrogen-bond donors (Lipinski definition) is 2. The molecule has 0 unspecified atom stereocenters. The Balaban J connectivity index is 1.63. The van der Waals surface area contributed by atoms with Crippen molar-refractivity contribution >= 4 is 28.3 Å². The number of ether oxygens (including phenoxy) is 1. The number of methoxy groups -OCH3 is 1. The van der Waals surface area contributed by atoms with Gasteiger partial charge in [-0.25, -0.2) is 14.0 Å². The highest BCUT2D eigenvalue weighted by Crippen LogP contribution is 2.40. The van der Waals surface area contributed by atoms with E-state index in [1.165, 1.54) is 29.0 Å². The molecular formula is C25H26FN3O5S. The molecule has 35 heavy (non-hydrogen) atoms. The molecule has 4 rings (SSSR count). The van der Waals surface area contributed by atoms with Crippen molar-refractivity contribution in [2.75, 3.05) is 36.6 Å². The van der Waals surface area contributed by atoms with Gasteiger partial charge in [-0.1, -0.05) is 24.3 Å². The van der Waals surface area contributed by atoms with Crippen molar-refractivity contribution in [3.8, 4) is 11.1 Å². The number of anilines is 1. The molecule has 0 aliphatic carbocycles. The molecular weight excluding hydrogens is 473 g/mol. The van der Waals surface area contributed by atoms with Crippen molar-refractivity contribution in [3.63, 3.8) is 0 Å². The van der Waals surface area contributed by atoms with Gasteiger partial charge < -0.3 is 9.64 Å².